The molecule has 0 aromatic heterocycles. The van der Waals surface area contributed by atoms with Crippen molar-refractivity contribution in [3.8, 4) is 0 Å². The third kappa shape index (κ3) is 1.93. The van der Waals surface area contributed by atoms with Gasteiger partial charge in [-0.15, -0.1) is 0 Å². The van der Waals surface area contributed by atoms with Crippen molar-refractivity contribution in [1.82, 2.24) is 0 Å². The van der Waals surface area contributed by atoms with E-state index in [2.05, 4.69) is 19.2 Å². The molecule has 0 saturated carbocycles. The van der Waals surface area contributed by atoms with Crippen LogP contribution in [0.3, 0.4) is 0 Å². The highest BCUT2D eigenvalue weighted by Gasteiger charge is 2.47. The van der Waals surface area contributed by atoms with Crippen molar-refractivity contribution in [2.24, 2.45) is 0 Å². The van der Waals surface area contributed by atoms with Crippen LogP contribution in [0.1, 0.15) is 37.7 Å². The number of hydrogen-bond acceptors (Lipinski definition) is 1. The van der Waals surface area contributed by atoms with Gasteiger partial charge in [0, 0.05) is 24.9 Å². The van der Waals surface area contributed by atoms with Crippen molar-refractivity contribution < 1.29 is 4.48 Å². The van der Waals surface area contributed by atoms with Crippen LogP contribution in [0.2, 0.25) is 0 Å². The largest absolute Gasteiger partial charge is 0.399 e. The van der Waals surface area contributed by atoms with E-state index in [1.165, 1.54) is 48.7 Å². The normalized spacial score (nSPS) is 34.7. The van der Waals surface area contributed by atoms with Crippen molar-refractivity contribution >= 4 is 5.69 Å². The Morgan fingerprint density at radius 1 is 1.11 bits per heavy atom. The minimum Gasteiger partial charge on any atom is -0.399 e. The molecule has 1 aromatic carbocycles. The molecule has 98 valence electrons. The third-order valence-corrected chi connectivity index (χ3v) is 5.49. The van der Waals surface area contributed by atoms with E-state index in [9.17, 15) is 0 Å². The maximum atomic E-state index is 6.06. The van der Waals surface area contributed by atoms with Gasteiger partial charge in [-0.2, -0.15) is 0 Å². The number of rotatable bonds is 3. The molecule has 0 amide bonds. The van der Waals surface area contributed by atoms with Gasteiger partial charge >= 0.3 is 0 Å². The molecule has 2 N–H and O–H groups in total. The summed E-state index contributed by atoms with van der Waals surface area (Å²) in [7, 11) is 2.49. The van der Waals surface area contributed by atoms with E-state index >= 15 is 0 Å². The first-order chi connectivity index (χ1) is 8.70. The lowest BCUT2D eigenvalue weighted by Crippen LogP contribution is -2.56. The van der Waals surface area contributed by atoms with Gasteiger partial charge < -0.3 is 10.2 Å². The van der Waals surface area contributed by atoms with Gasteiger partial charge in [0.1, 0.15) is 0 Å². The van der Waals surface area contributed by atoms with Crippen LogP contribution in [0, 0.1) is 0 Å². The monoisotopic (exact) mass is 245 g/mol. The zero-order valence-corrected chi connectivity index (χ0v) is 11.4. The molecule has 2 atom stereocenters. The van der Waals surface area contributed by atoms with E-state index in [0.29, 0.717) is 0 Å². The zero-order valence-electron chi connectivity index (χ0n) is 11.4. The van der Waals surface area contributed by atoms with E-state index in [1.807, 2.05) is 12.1 Å². The van der Waals surface area contributed by atoms with Crippen LogP contribution in [0.15, 0.2) is 24.3 Å². The van der Waals surface area contributed by atoms with E-state index in [4.69, 9.17) is 5.73 Å². The second-order valence-electron chi connectivity index (χ2n) is 6.34. The number of anilines is 1. The predicted octanol–water partition coefficient (Wildman–Crippen LogP) is 2.97. The van der Waals surface area contributed by atoms with Crippen molar-refractivity contribution in [3.05, 3.63) is 29.8 Å². The second kappa shape index (κ2) is 4.58. The molecular formula is C16H25N2+. The summed E-state index contributed by atoms with van der Waals surface area (Å²) in [4.78, 5) is 0. The molecule has 0 aliphatic carbocycles. The number of benzene rings is 1. The topological polar surface area (TPSA) is 26.0 Å². The van der Waals surface area contributed by atoms with Crippen LogP contribution >= 0.6 is 0 Å². The minimum atomic E-state index is 0.925. The van der Waals surface area contributed by atoms with Gasteiger partial charge in [0.2, 0.25) is 0 Å². The average molecular weight is 245 g/mol. The second-order valence-corrected chi connectivity index (χ2v) is 6.34. The molecule has 0 spiro atoms. The lowest BCUT2D eigenvalue weighted by atomic mass is 9.98. The Balaban J connectivity index is 1.71. The van der Waals surface area contributed by atoms with E-state index < -0.39 is 0 Å². The Kier molecular flexibility index (Phi) is 3.06. The third-order valence-electron chi connectivity index (χ3n) is 5.49. The van der Waals surface area contributed by atoms with E-state index in [1.54, 1.807) is 0 Å². The summed E-state index contributed by atoms with van der Waals surface area (Å²) in [5, 5.41) is 0. The SMILES string of the molecule is C[N+]1(CCc2ccccc2N)C2CCCC1CC2. The smallest absolute Gasteiger partial charge is 0.0892 e. The van der Waals surface area contributed by atoms with Crippen molar-refractivity contribution in [2.75, 3.05) is 19.3 Å². The fourth-order valence-corrected chi connectivity index (χ4v) is 4.23. The molecule has 2 heterocycles. The highest BCUT2D eigenvalue weighted by atomic mass is 15.4. The first-order valence-electron chi connectivity index (χ1n) is 7.38. The lowest BCUT2D eigenvalue weighted by Gasteiger charge is -2.45. The number of fused-ring (bicyclic) bond motifs is 2. The lowest BCUT2D eigenvalue weighted by molar-refractivity contribution is -0.948. The van der Waals surface area contributed by atoms with Crippen molar-refractivity contribution in [3.63, 3.8) is 0 Å². The summed E-state index contributed by atoms with van der Waals surface area (Å²) in [6, 6.07) is 10.2. The molecule has 2 nitrogen and oxygen atoms in total. The molecule has 2 bridgehead atoms. The number of nitrogen functional groups attached to an aromatic ring is 1. The van der Waals surface area contributed by atoms with Gasteiger partial charge in [0.15, 0.2) is 0 Å². The Bertz CT molecular complexity index is 411. The molecule has 2 unspecified atom stereocenters. The van der Waals surface area contributed by atoms with Crippen LogP contribution in [0.4, 0.5) is 5.69 Å². The number of nitrogens with zero attached hydrogens (tertiary/aromatic N) is 1. The fraction of sp³-hybridized carbons (Fsp3) is 0.625. The molecule has 2 heteroatoms. The van der Waals surface area contributed by atoms with Crippen LogP contribution in [-0.4, -0.2) is 30.2 Å². The maximum Gasteiger partial charge on any atom is 0.0892 e. The van der Waals surface area contributed by atoms with E-state index in [-0.39, 0.29) is 0 Å². The predicted molar refractivity (Wildman–Crippen MR) is 76.3 cm³/mol. The highest BCUT2D eigenvalue weighted by molar-refractivity contribution is 5.46. The summed E-state index contributed by atoms with van der Waals surface area (Å²) >= 11 is 0. The van der Waals surface area contributed by atoms with Crippen molar-refractivity contribution in [2.45, 2.75) is 50.6 Å². The van der Waals surface area contributed by atoms with Gasteiger partial charge in [0.25, 0.3) is 0 Å². The van der Waals surface area contributed by atoms with Crippen molar-refractivity contribution in [1.29, 1.82) is 0 Å². The number of likely N-dealkylation sites (N-methyl/N-ethyl adjacent to an activating group) is 1. The molecule has 3 rings (SSSR count). The summed E-state index contributed by atoms with van der Waals surface area (Å²) in [6.07, 6.45) is 8.37. The Hall–Kier alpha value is -1.02. The maximum absolute atomic E-state index is 6.06. The summed E-state index contributed by atoms with van der Waals surface area (Å²) in [5.74, 6) is 0. The Morgan fingerprint density at radius 2 is 1.78 bits per heavy atom. The molecule has 18 heavy (non-hydrogen) atoms. The van der Waals surface area contributed by atoms with Crippen LogP contribution in [-0.2, 0) is 6.42 Å². The van der Waals surface area contributed by atoms with Crippen LogP contribution in [0.5, 0.6) is 0 Å². The molecule has 2 saturated heterocycles. The molecule has 2 aliphatic rings. The number of piperidine rings is 1. The Morgan fingerprint density at radius 3 is 2.44 bits per heavy atom. The molecule has 0 radical (unpaired) electrons. The molecule has 1 aromatic rings. The quantitative estimate of drug-likeness (QED) is 0.643. The summed E-state index contributed by atoms with van der Waals surface area (Å²) in [6.45, 7) is 1.27. The average Bonchev–Trinajstić information content (AvgIpc) is 2.58. The highest BCUT2D eigenvalue weighted by Crippen LogP contribution is 2.41. The zero-order chi connectivity index (χ0) is 12.6. The van der Waals surface area contributed by atoms with Crippen LogP contribution < -0.4 is 5.73 Å². The standard InChI is InChI=1S/C16H25N2/c1-18(14-6-4-7-15(18)10-9-14)12-11-13-5-2-3-8-16(13)17/h2-3,5,8,14-15H,4,6-7,9-12,17H2,1H3/q+1. The summed E-state index contributed by atoms with van der Waals surface area (Å²) in [5.41, 5.74) is 8.36. The summed E-state index contributed by atoms with van der Waals surface area (Å²) < 4.78 is 1.31. The van der Waals surface area contributed by atoms with Gasteiger partial charge in [0.05, 0.1) is 25.7 Å². The number of hydrogen-bond donors (Lipinski definition) is 1. The first-order valence-corrected chi connectivity index (χ1v) is 7.38. The van der Waals surface area contributed by atoms with E-state index in [0.717, 1.165) is 24.2 Å². The van der Waals surface area contributed by atoms with Gasteiger partial charge in [-0.3, -0.25) is 0 Å². The van der Waals surface area contributed by atoms with Gasteiger partial charge in [-0.05, 0) is 30.9 Å². The number of para-hydroxylation sites is 1. The molecule has 2 aliphatic heterocycles. The molecular weight excluding hydrogens is 220 g/mol. The fourth-order valence-electron chi connectivity index (χ4n) is 4.23. The van der Waals surface area contributed by atoms with Crippen LogP contribution in [0.25, 0.3) is 0 Å². The molecule has 2 fully saturated rings. The number of nitrogens with two attached hydrogens (primary N) is 1. The number of quaternary nitrogens is 1. The first kappa shape index (κ1) is 12.0. The minimum absolute atomic E-state index is 0.925. The van der Waals surface area contributed by atoms with Gasteiger partial charge in [-0.1, -0.05) is 18.2 Å². The Labute approximate surface area is 110 Å². The van der Waals surface area contributed by atoms with Gasteiger partial charge in [-0.25, -0.2) is 0 Å².